The molecule has 0 saturated carbocycles. The molecule has 6 nitrogen and oxygen atoms in total. The number of imidazole rings is 1. The molecular formula is C23H19N5O. The van der Waals surface area contributed by atoms with Gasteiger partial charge in [0.1, 0.15) is 17.2 Å². The second-order valence-corrected chi connectivity index (χ2v) is 6.98. The molecule has 0 bridgehead atoms. The highest BCUT2D eigenvalue weighted by molar-refractivity contribution is 6.02. The first-order valence-electron chi connectivity index (χ1n) is 9.66. The van der Waals surface area contributed by atoms with Crippen molar-refractivity contribution < 1.29 is 4.42 Å². The molecule has 5 rings (SSSR count). The lowest BCUT2D eigenvalue weighted by molar-refractivity contribution is 0.657. The third-order valence-electron chi connectivity index (χ3n) is 5.48. The second-order valence-electron chi connectivity index (χ2n) is 6.98. The topological polar surface area (TPSA) is 81.3 Å². The van der Waals surface area contributed by atoms with Gasteiger partial charge in [0, 0.05) is 30.2 Å². The van der Waals surface area contributed by atoms with Crippen LogP contribution in [0.15, 0.2) is 52.9 Å². The summed E-state index contributed by atoms with van der Waals surface area (Å²) in [6, 6.07) is 17.9. The maximum atomic E-state index is 9.80. The first-order chi connectivity index (χ1) is 14.2. The number of benzene rings is 2. The van der Waals surface area contributed by atoms with E-state index in [4.69, 9.17) is 14.8 Å². The Morgan fingerprint density at radius 2 is 1.93 bits per heavy atom. The zero-order chi connectivity index (χ0) is 20.1. The van der Waals surface area contributed by atoms with Gasteiger partial charge in [-0.25, -0.2) is 4.98 Å². The summed E-state index contributed by atoms with van der Waals surface area (Å²) in [5.41, 5.74) is 4.70. The summed E-state index contributed by atoms with van der Waals surface area (Å²) < 4.78 is 7.93. The zero-order valence-electron chi connectivity index (χ0n) is 16.2. The predicted octanol–water partition coefficient (Wildman–Crippen LogP) is 4.58. The van der Waals surface area contributed by atoms with Crippen LogP contribution in [0.5, 0.6) is 0 Å². The molecule has 3 heterocycles. The number of rotatable bonds is 3. The Bertz CT molecular complexity index is 1520. The van der Waals surface area contributed by atoms with E-state index in [0.717, 1.165) is 40.6 Å². The van der Waals surface area contributed by atoms with Gasteiger partial charge in [0.05, 0.1) is 16.4 Å². The standard InChI is InChI=1S/C23H19N5O/c1-3-27(4-2)15-10-9-14-11-16-21(29-20(14)12-15)17(13-24)22(25)28-19-8-6-5-7-18(19)26-23(16)28/h5-12,25H,3-4H2,1-2H3. The Labute approximate surface area is 166 Å². The number of fused-ring (bicyclic) bond motifs is 6. The number of nitrogens with one attached hydrogen (secondary N) is 1. The summed E-state index contributed by atoms with van der Waals surface area (Å²) >= 11 is 0. The molecule has 5 aromatic rings. The van der Waals surface area contributed by atoms with Crippen LogP contribution in [0.25, 0.3) is 38.6 Å². The van der Waals surface area contributed by atoms with Crippen molar-refractivity contribution in [3.8, 4) is 6.07 Å². The lowest BCUT2D eigenvalue weighted by Gasteiger charge is -2.21. The normalized spacial score (nSPS) is 11.5. The number of hydrogen-bond donors (Lipinski definition) is 1. The SMILES string of the molecule is CCN(CC)c1ccc2cc3c(oc2c1)c(C#N)c(=N)n1c2ccccc2nc31. The zero-order valence-corrected chi connectivity index (χ0v) is 16.2. The largest absolute Gasteiger partial charge is 0.454 e. The number of para-hydroxylation sites is 2. The van der Waals surface area contributed by atoms with Crippen molar-refractivity contribution in [2.45, 2.75) is 13.8 Å². The molecule has 0 atom stereocenters. The quantitative estimate of drug-likeness (QED) is 0.464. The van der Waals surface area contributed by atoms with E-state index in [1.807, 2.05) is 42.5 Å². The van der Waals surface area contributed by atoms with Crippen molar-refractivity contribution in [3.05, 3.63) is 59.6 Å². The molecule has 29 heavy (non-hydrogen) atoms. The van der Waals surface area contributed by atoms with E-state index in [1.54, 1.807) is 4.40 Å². The molecule has 2 aromatic carbocycles. The van der Waals surface area contributed by atoms with E-state index in [-0.39, 0.29) is 11.1 Å². The van der Waals surface area contributed by atoms with Crippen LogP contribution in [-0.4, -0.2) is 22.5 Å². The number of nitrogens with zero attached hydrogens (tertiary/aromatic N) is 4. The van der Waals surface area contributed by atoms with E-state index >= 15 is 0 Å². The van der Waals surface area contributed by atoms with Crippen LogP contribution >= 0.6 is 0 Å². The molecule has 0 unspecified atom stereocenters. The van der Waals surface area contributed by atoms with Crippen molar-refractivity contribution in [3.63, 3.8) is 0 Å². The van der Waals surface area contributed by atoms with E-state index in [2.05, 4.69) is 30.9 Å². The average molecular weight is 381 g/mol. The molecule has 0 aliphatic rings. The van der Waals surface area contributed by atoms with Crippen LogP contribution in [0.4, 0.5) is 5.69 Å². The van der Waals surface area contributed by atoms with Crippen LogP contribution in [0.2, 0.25) is 0 Å². The Balaban J connectivity index is 1.93. The molecule has 0 amide bonds. The Morgan fingerprint density at radius 1 is 1.14 bits per heavy atom. The molecule has 0 saturated heterocycles. The van der Waals surface area contributed by atoms with Crippen molar-refractivity contribution in [1.82, 2.24) is 9.38 Å². The lowest BCUT2D eigenvalue weighted by Crippen LogP contribution is -2.21. The highest BCUT2D eigenvalue weighted by atomic mass is 16.3. The molecule has 1 N–H and O–H groups in total. The Kier molecular flexibility index (Phi) is 3.78. The third-order valence-corrected chi connectivity index (χ3v) is 5.48. The van der Waals surface area contributed by atoms with Gasteiger partial charge in [-0.2, -0.15) is 5.26 Å². The summed E-state index contributed by atoms with van der Waals surface area (Å²) in [6.07, 6.45) is 0. The summed E-state index contributed by atoms with van der Waals surface area (Å²) in [7, 11) is 0. The minimum Gasteiger partial charge on any atom is -0.454 e. The first-order valence-corrected chi connectivity index (χ1v) is 9.66. The van der Waals surface area contributed by atoms with Gasteiger partial charge in [-0.1, -0.05) is 12.1 Å². The molecule has 0 radical (unpaired) electrons. The number of pyridine rings is 1. The summed E-state index contributed by atoms with van der Waals surface area (Å²) in [4.78, 5) is 6.96. The maximum Gasteiger partial charge on any atom is 0.159 e. The molecule has 0 spiro atoms. The smallest absolute Gasteiger partial charge is 0.159 e. The molecule has 0 aliphatic heterocycles. The molecule has 3 aromatic heterocycles. The Hall–Kier alpha value is -3.85. The fourth-order valence-corrected chi connectivity index (χ4v) is 4.01. The number of aromatic nitrogens is 2. The number of hydrogen-bond acceptors (Lipinski definition) is 5. The molecule has 6 heteroatoms. The molecular weight excluding hydrogens is 362 g/mol. The van der Waals surface area contributed by atoms with Gasteiger partial charge in [-0.3, -0.25) is 9.81 Å². The second kappa shape index (κ2) is 6.35. The maximum absolute atomic E-state index is 9.80. The van der Waals surface area contributed by atoms with Crippen molar-refractivity contribution >= 4 is 44.3 Å². The number of nitriles is 1. The monoisotopic (exact) mass is 381 g/mol. The highest BCUT2D eigenvalue weighted by Crippen LogP contribution is 2.31. The van der Waals surface area contributed by atoms with Gasteiger partial charge in [-0.05, 0) is 44.2 Å². The van der Waals surface area contributed by atoms with Crippen LogP contribution in [0.3, 0.4) is 0 Å². The van der Waals surface area contributed by atoms with Gasteiger partial charge in [0.2, 0.25) is 0 Å². The van der Waals surface area contributed by atoms with Crippen LogP contribution in [-0.2, 0) is 0 Å². The van der Waals surface area contributed by atoms with Crippen LogP contribution < -0.4 is 10.4 Å². The summed E-state index contributed by atoms with van der Waals surface area (Å²) in [6.45, 7) is 6.03. The minimum absolute atomic E-state index is 0.0895. The van der Waals surface area contributed by atoms with Gasteiger partial charge >= 0.3 is 0 Å². The number of anilines is 1. The lowest BCUT2D eigenvalue weighted by atomic mass is 10.1. The van der Waals surface area contributed by atoms with Crippen LogP contribution in [0.1, 0.15) is 19.4 Å². The first kappa shape index (κ1) is 17.3. The van der Waals surface area contributed by atoms with Crippen molar-refractivity contribution in [2.75, 3.05) is 18.0 Å². The van der Waals surface area contributed by atoms with E-state index in [1.165, 1.54) is 0 Å². The summed E-state index contributed by atoms with van der Waals surface area (Å²) in [5.74, 6) is 0. The summed E-state index contributed by atoms with van der Waals surface area (Å²) in [5, 5.41) is 20.1. The van der Waals surface area contributed by atoms with Gasteiger partial charge < -0.3 is 9.32 Å². The van der Waals surface area contributed by atoms with Gasteiger partial charge in [-0.15, -0.1) is 0 Å². The van der Waals surface area contributed by atoms with Crippen LogP contribution in [0, 0.1) is 16.7 Å². The fraction of sp³-hybridized carbons (Fsp3) is 0.174. The van der Waals surface area contributed by atoms with Gasteiger partial charge in [0.25, 0.3) is 0 Å². The average Bonchev–Trinajstić information content (AvgIpc) is 3.14. The van der Waals surface area contributed by atoms with E-state index in [0.29, 0.717) is 16.8 Å². The predicted molar refractivity (Wildman–Crippen MR) is 114 cm³/mol. The molecule has 0 aliphatic carbocycles. The molecule has 0 fully saturated rings. The van der Waals surface area contributed by atoms with E-state index < -0.39 is 0 Å². The third kappa shape index (κ3) is 2.41. The van der Waals surface area contributed by atoms with Crippen molar-refractivity contribution in [1.29, 1.82) is 10.7 Å². The fourth-order valence-electron chi connectivity index (χ4n) is 4.01. The molecule has 142 valence electrons. The van der Waals surface area contributed by atoms with E-state index in [9.17, 15) is 5.26 Å². The highest BCUT2D eigenvalue weighted by Gasteiger charge is 2.18. The Morgan fingerprint density at radius 3 is 2.69 bits per heavy atom. The van der Waals surface area contributed by atoms with Gasteiger partial charge in [0.15, 0.2) is 16.7 Å². The minimum atomic E-state index is 0.0895. The van der Waals surface area contributed by atoms with Crippen molar-refractivity contribution in [2.24, 2.45) is 0 Å².